The molecule has 0 bridgehead atoms. The number of aliphatic carboxylic acids is 1. The number of benzene rings is 1. The predicted octanol–water partition coefficient (Wildman–Crippen LogP) is 4.62. The fourth-order valence-corrected chi connectivity index (χ4v) is 4.48. The van der Waals surface area contributed by atoms with Crippen molar-refractivity contribution >= 4 is 62.3 Å². The number of carboxylic acid groups (broad SMARTS) is 1. The minimum absolute atomic E-state index is 0.170. The number of alkyl halides is 1. The number of thiazole rings is 1. The summed E-state index contributed by atoms with van der Waals surface area (Å²) in [6.45, 7) is 0. The number of aliphatic imine (C=N–C) groups is 1. The highest BCUT2D eigenvalue weighted by Gasteiger charge is 2.35. The highest BCUT2D eigenvalue weighted by Crippen LogP contribution is 2.39. The van der Waals surface area contributed by atoms with Crippen LogP contribution in [0.25, 0.3) is 0 Å². The van der Waals surface area contributed by atoms with Gasteiger partial charge in [-0.3, -0.25) is 4.99 Å². The molecule has 9 heteroatoms. The molecule has 1 atom stereocenters. The molecule has 0 spiro atoms. The van der Waals surface area contributed by atoms with E-state index in [9.17, 15) is 9.90 Å². The van der Waals surface area contributed by atoms with E-state index in [1.54, 1.807) is 36.3 Å². The number of hydrogen-bond acceptors (Lipinski definition) is 5. The molecular weight excluding hydrogens is 449 g/mol. The second-order valence-electron chi connectivity index (χ2n) is 5.22. The predicted molar refractivity (Wildman–Crippen MR) is 104 cm³/mol. The Bertz CT molecular complexity index is 884. The Morgan fingerprint density at radius 3 is 2.76 bits per heavy atom. The van der Waals surface area contributed by atoms with Crippen LogP contribution in [-0.4, -0.2) is 39.2 Å². The van der Waals surface area contributed by atoms with Gasteiger partial charge in [0.2, 0.25) is 0 Å². The molecule has 1 aromatic carbocycles. The molecule has 3 rings (SSSR count). The Labute approximate surface area is 166 Å². The van der Waals surface area contributed by atoms with Gasteiger partial charge in [0, 0.05) is 45.3 Å². The zero-order valence-electron chi connectivity index (χ0n) is 12.9. The van der Waals surface area contributed by atoms with Crippen LogP contribution in [0.5, 0.6) is 0 Å². The highest BCUT2D eigenvalue weighted by molar-refractivity contribution is 9.09. The van der Waals surface area contributed by atoms with Crippen molar-refractivity contribution in [1.29, 1.82) is 0 Å². The average molecular weight is 461 g/mol. The molecule has 0 saturated carbocycles. The summed E-state index contributed by atoms with van der Waals surface area (Å²) in [5.74, 6) is -0.440. The zero-order chi connectivity index (χ0) is 18.1. The number of nitrogens with zero attached hydrogens (tertiary/aromatic N) is 3. The lowest BCUT2D eigenvalue weighted by molar-refractivity contribution is -0.133. The summed E-state index contributed by atoms with van der Waals surface area (Å²) >= 11 is 17.1. The fourth-order valence-electron chi connectivity index (χ4n) is 2.62. The van der Waals surface area contributed by atoms with Crippen LogP contribution in [-0.2, 0) is 4.79 Å². The molecule has 1 aliphatic heterocycles. The van der Waals surface area contributed by atoms with Gasteiger partial charge in [0.05, 0.1) is 5.57 Å². The van der Waals surface area contributed by atoms with E-state index >= 15 is 0 Å². The molecule has 25 heavy (non-hydrogen) atoms. The van der Waals surface area contributed by atoms with Gasteiger partial charge in [-0.25, -0.2) is 9.78 Å². The molecule has 130 valence electrons. The van der Waals surface area contributed by atoms with E-state index in [0.717, 1.165) is 0 Å². The molecule has 2 aromatic rings. The summed E-state index contributed by atoms with van der Waals surface area (Å²) in [4.78, 5) is 22.7. The molecule has 0 unspecified atom stereocenters. The van der Waals surface area contributed by atoms with Crippen molar-refractivity contribution < 1.29 is 9.90 Å². The first-order valence-corrected chi connectivity index (χ1v) is 9.88. The molecule has 0 radical (unpaired) electrons. The minimum atomic E-state index is -1.04. The topological polar surface area (TPSA) is 65.8 Å². The number of rotatable bonds is 4. The van der Waals surface area contributed by atoms with Crippen LogP contribution in [0.3, 0.4) is 0 Å². The normalized spacial score (nSPS) is 17.7. The lowest BCUT2D eigenvalue weighted by Gasteiger charge is -2.32. The molecule has 2 heterocycles. The van der Waals surface area contributed by atoms with E-state index < -0.39 is 12.0 Å². The van der Waals surface area contributed by atoms with Crippen molar-refractivity contribution in [1.82, 2.24) is 9.88 Å². The molecule has 0 amide bonds. The van der Waals surface area contributed by atoms with Gasteiger partial charge in [-0.1, -0.05) is 45.2 Å². The monoisotopic (exact) mass is 459 g/mol. The van der Waals surface area contributed by atoms with E-state index in [-0.39, 0.29) is 5.57 Å². The van der Waals surface area contributed by atoms with Crippen molar-refractivity contribution in [2.24, 2.45) is 4.99 Å². The van der Waals surface area contributed by atoms with E-state index in [2.05, 4.69) is 25.9 Å². The Hall–Kier alpha value is -1.41. The number of aromatic nitrogens is 1. The second kappa shape index (κ2) is 7.45. The van der Waals surface area contributed by atoms with Crippen molar-refractivity contribution in [3.63, 3.8) is 0 Å². The lowest BCUT2D eigenvalue weighted by atomic mass is 9.95. The SMILES string of the molecule is CN1C(c2nccs2)=N[C@H](c2ccc(Cl)cc2Cl)C(C(=O)O)=C1CBr. The van der Waals surface area contributed by atoms with Crippen LogP contribution >= 0.6 is 50.5 Å². The zero-order valence-corrected chi connectivity index (χ0v) is 16.8. The highest BCUT2D eigenvalue weighted by atomic mass is 79.9. The summed E-state index contributed by atoms with van der Waals surface area (Å²) < 4.78 is 0. The Balaban J connectivity index is 2.23. The molecule has 1 aliphatic rings. The summed E-state index contributed by atoms with van der Waals surface area (Å²) in [6.07, 6.45) is 1.69. The van der Waals surface area contributed by atoms with Gasteiger partial charge in [0.25, 0.3) is 0 Å². The number of carboxylic acids is 1. The van der Waals surface area contributed by atoms with Gasteiger partial charge in [0.1, 0.15) is 6.04 Å². The van der Waals surface area contributed by atoms with Crippen LogP contribution in [0.4, 0.5) is 0 Å². The van der Waals surface area contributed by atoms with Crippen LogP contribution in [0.15, 0.2) is 46.0 Å². The molecule has 1 aromatic heterocycles. The smallest absolute Gasteiger partial charge is 0.335 e. The molecule has 0 saturated heterocycles. The van der Waals surface area contributed by atoms with Gasteiger partial charge in [0.15, 0.2) is 10.8 Å². The van der Waals surface area contributed by atoms with E-state index in [1.807, 2.05) is 5.38 Å². The van der Waals surface area contributed by atoms with E-state index in [1.165, 1.54) is 11.3 Å². The quantitative estimate of drug-likeness (QED) is 0.676. The first-order valence-electron chi connectivity index (χ1n) is 7.12. The van der Waals surface area contributed by atoms with Crippen molar-refractivity contribution in [3.05, 3.63) is 61.7 Å². The molecule has 0 fully saturated rings. The molecule has 0 aliphatic carbocycles. The molecule has 1 N–H and O–H groups in total. The third-order valence-electron chi connectivity index (χ3n) is 3.80. The van der Waals surface area contributed by atoms with Crippen molar-refractivity contribution in [3.8, 4) is 0 Å². The van der Waals surface area contributed by atoms with Crippen LogP contribution < -0.4 is 0 Å². The first-order chi connectivity index (χ1) is 11.9. The number of allylic oxidation sites excluding steroid dienone is 1. The van der Waals surface area contributed by atoms with Gasteiger partial charge in [-0.05, 0) is 12.1 Å². The largest absolute Gasteiger partial charge is 0.478 e. The summed E-state index contributed by atoms with van der Waals surface area (Å²) in [6, 6.07) is 4.22. The van der Waals surface area contributed by atoms with Crippen LogP contribution in [0.2, 0.25) is 10.0 Å². The van der Waals surface area contributed by atoms with Gasteiger partial charge in [-0.15, -0.1) is 11.3 Å². The first kappa shape index (κ1) is 18.4. The van der Waals surface area contributed by atoms with Gasteiger partial charge < -0.3 is 10.0 Å². The average Bonchev–Trinajstić information content (AvgIpc) is 3.08. The lowest BCUT2D eigenvalue weighted by Crippen LogP contribution is -2.35. The molecular formula is C16H12BrCl2N3O2S. The standard InChI is InChI=1S/C16H12BrCl2N3O2S/c1-22-11(7-17)12(16(23)24)13(9-3-2-8(18)6-10(9)19)21-14(22)15-20-4-5-25-15/h2-6,13H,7H2,1H3,(H,23,24)/t13-/m1/s1. The Morgan fingerprint density at radius 2 is 2.20 bits per heavy atom. The maximum atomic E-state index is 12.0. The summed E-state index contributed by atoms with van der Waals surface area (Å²) in [5, 5.41) is 13.6. The summed E-state index contributed by atoms with van der Waals surface area (Å²) in [7, 11) is 1.78. The molecule has 5 nitrogen and oxygen atoms in total. The number of halogens is 3. The maximum absolute atomic E-state index is 12.0. The third-order valence-corrected chi connectivity index (χ3v) is 5.66. The summed E-state index contributed by atoms with van der Waals surface area (Å²) in [5.41, 5.74) is 1.36. The minimum Gasteiger partial charge on any atom is -0.478 e. The number of amidine groups is 1. The third kappa shape index (κ3) is 3.46. The Morgan fingerprint density at radius 1 is 1.44 bits per heavy atom. The van der Waals surface area contributed by atoms with Crippen molar-refractivity contribution in [2.45, 2.75) is 6.04 Å². The maximum Gasteiger partial charge on any atom is 0.335 e. The van der Waals surface area contributed by atoms with Crippen molar-refractivity contribution in [2.75, 3.05) is 12.4 Å². The van der Waals surface area contributed by atoms with Crippen LogP contribution in [0, 0.1) is 0 Å². The Kier molecular flexibility index (Phi) is 5.48. The fraction of sp³-hybridized carbons (Fsp3) is 0.188. The van der Waals surface area contributed by atoms with E-state index in [0.29, 0.717) is 37.5 Å². The number of carbonyl (C=O) groups is 1. The second-order valence-corrected chi connectivity index (χ2v) is 7.52. The van der Waals surface area contributed by atoms with Gasteiger partial charge in [-0.2, -0.15) is 0 Å². The van der Waals surface area contributed by atoms with Crippen LogP contribution in [0.1, 0.15) is 16.6 Å². The van der Waals surface area contributed by atoms with Gasteiger partial charge >= 0.3 is 5.97 Å². The number of hydrogen-bond donors (Lipinski definition) is 1. The van der Waals surface area contributed by atoms with E-state index in [4.69, 9.17) is 23.2 Å².